The average Bonchev–Trinajstić information content (AvgIpc) is 3.62. The predicted molar refractivity (Wildman–Crippen MR) is 169 cm³/mol. The molecule has 0 spiro atoms. The van der Waals surface area contributed by atoms with Crippen LogP contribution in [0.2, 0.25) is 0 Å². The number of likely N-dealkylation sites (tertiary alicyclic amines) is 1. The SMILES string of the molecule is CN1CC[C@@](NC(=O)c2ccc3c(C4CCCCC4)n(-c4ccccn4)nc3c2)(C(=O)Nc2ccc(C=CC(=O)O)cc2)C1. The molecule has 1 aliphatic carbocycles. The van der Waals surface area contributed by atoms with Crippen molar-refractivity contribution in [1.29, 1.82) is 0 Å². The number of carboxylic acids is 1. The number of amides is 2. The van der Waals surface area contributed by atoms with E-state index in [1.54, 1.807) is 30.5 Å². The molecule has 2 aromatic heterocycles. The molecule has 226 valence electrons. The van der Waals surface area contributed by atoms with Gasteiger partial charge in [-0.2, -0.15) is 5.10 Å². The first-order valence-corrected chi connectivity index (χ1v) is 15.1. The van der Waals surface area contributed by atoms with Gasteiger partial charge in [-0.3, -0.25) is 9.59 Å². The number of nitrogens with zero attached hydrogens (tertiary/aromatic N) is 4. The molecule has 1 atom stereocenters. The van der Waals surface area contributed by atoms with Gasteiger partial charge in [-0.05, 0) is 74.3 Å². The molecule has 0 bridgehead atoms. The van der Waals surface area contributed by atoms with Crippen molar-refractivity contribution in [2.75, 3.05) is 25.5 Å². The summed E-state index contributed by atoms with van der Waals surface area (Å²) in [6.45, 7) is 1.03. The number of nitrogens with one attached hydrogen (secondary N) is 2. The monoisotopic (exact) mass is 592 g/mol. The fourth-order valence-corrected chi connectivity index (χ4v) is 6.40. The first-order valence-electron chi connectivity index (χ1n) is 15.1. The van der Waals surface area contributed by atoms with E-state index < -0.39 is 11.5 Å². The number of aliphatic carboxylic acids is 1. The highest BCUT2D eigenvalue weighted by Gasteiger charge is 2.45. The third kappa shape index (κ3) is 6.12. The zero-order valence-corrected chi connectivity index (χ0v) is 24.7. The lowest BCUT2D eigenvalue weighted by molar-refractivity contribution is -0.131. The van der Waals surface area contributed by atoms with Crippen molar-refractivity contribution in [3.8, 4) is 5.82 Å². The van der Waals surface area contributed by atoms with Gasteiger partial charge in [0, 0.05) is 47.9 Å². The van der Waals surface area contributed by atoms with Gasteiger partial charge < -0.3 is 20.6 Å². The summed E-state index contributed by atoms with van der Waals surface area (Å²) in [6, 6.07) is 18.3. The van der Waals surface area contributed by atoms with Crippen LogP contribution in [0.25, 0.3) is 22.8 Å². The van der Waals surface area contributed by atoms with Crippen LogP contribution < -0.4 is 10.6 Å². The van der Waals surface area contributed by atoms with Gasteiger partial charge in [0.2, 0.25) is 0 Å². The van der Waals surface area contributed by atoms with Crippen LogP contribution in [-0.4, -0.2) is 68.2 Å². The number of anilines is 1. The fraction of sp³-hybridized carbons (Fsp3) is 0.324. The second kappa shape index (κ2) is 12.4. The van der Waals surface area contributed by atoms with Crippen LogP contribution in [0, 0.1) is 0 Å². The summed E-state index contributed by atoms with van der Waals surface area (Å²) in [5.41, 5.74) is 2.44. The maximum Gasteiger partial charge on any atom is 0.328 e. The molecule has 10 heteroatoms. The molecular weight excluding hydrogens is 556 g/mol. The molecule has 3 N–H and O–H groups in total. The molecule has 0 unspecified atom stereocenters. The highest BCUT2D eigenvalue weighted by molar-refractivity contribution is 6.05. The van der Waals surface area contributed by atoms with Crippen molar-refractivity contribution in [3.63, 3.8) is 0 Å². The third-order valence-corrected chi connectivity index (χ3v) is 8.66. The Hall–Kier alpha value is -4.83. The van der Waals surface area contributed by atoms with E-state index in [4.69, 9.17) is 10.2 Å². The van der Waals surface area contributed by atoms with E-state index in [9.17, 15) is 14.4 Å². The van der Waals surface area contributed by atoms with Crippen molar-refractivity contribution < 1.29 is 19.5 Å². The molecule has 1 saturated heterocycles. The van der Waals surface area contributed by atoms with Crippen LogP contribution in [0.15, 0.2) is 72.9 Å². The normalized spacial score (nSPS) is 19.4. The van der Waals surface area contributed by atoms with Crippen molar-refractivity contribution in [3.05, 3.63) is 89.8 Å². The molecule has 2 fully saturated rings. The fourth-order valence-electron chi connectivity index (χ4n) is 6.40. The summed E-state index contributed by atoms with van der Waals surface area (Å²) < 4.78 is 1.94. The molecule has 4 aromatic rings. The van der Waals surface area contributed by atoms with Crippen LogP contribution in [0.4, 0.5) is 5.69 Å². The Bertz CT molecular complexity index is 1710. The van der Waals surface area contributed by atoms with Crippen molar-refractivity contribution >= 4 is 40.4 Å². The van der Waals surface area contributed by atoms with E-state index in [0.29, 0.717) is 42.2 Å². The van der Waals surface area contributed by atoms with Gasteiger partial charge in [0.1, 0.15) is 5.54 Å². The van der Waals surface area contributed by atoms with E-state index in [1.165, 1.54) is 25.3 Å². The van der Waals surface area contributed by atoms with Crippen LogP contribution in [0.3, 0.4) is 0 Å². The molecule has 1 aliphatic heterocycles. The Kier molecular flexibility index (Phi) is 8.25. The Labute approximate surface area is 255 Å². The number of benzene rings is 2. The smallest absolute Gasteiger partial charge is 0.328 e. The Morgan fingerprint density at radius 1 is 1.02 bits per heavy atom. The summed E-state index contributed by atoms with van der Waals surface area (Å²) in [7, 11) is 1.92. The standard InChI is InChI=1S/C34H36N6O4/c1-39-20-18-34(22-39,33(44)36-26-14-10-23(11-15-26)12-17-30(41)42)37-32(43)25-13-16-27-28(21-25)38-40(29-9-5-6-19-35-29)31(27)24-7-3-2-4-8-24/h5-6,9-17,19,21,24H,2-4,7-8,18,20,22H2,1H3,(H,36,44)(H,37,43)(H,41,42)/t34-/m0/s1. The minimum absolute atomic E-state index is 0.302. The number of pyridine rings is 1. The third-order valence-electron chi connectivity index (χ3n) is 8.66. The topological polar surface area (TPSA) is 129 Å². The average molecular weight is 593 g/mol. The van der Waals surface area contributed by atoms with E-state index in [-0.39, 0.29) is 11.8 Å². The zero-order valence-electron chi connectivity index (χ0n) is 24.7. The summed E-state index contributed by atoms with van der Waals surface area (Å²) in [4.78, 5) is 44.8. The number of hydrogen-bond acceptors (Lipinski definition) is 6. The van der Waals surface area contributed by atoms with Gasteiger partial charge in [0.05, 0.1) is 11.2 Å². The van der Waals surface area contributed by atoms with Crippen LogP contribution in [-0.2, 0) is 9.59 Å². The largest absolute Gasteiger partial charge is 0.478 e. The minimum Gasteiger partial charge on any atom is -0.478 e. The summed E-state index contributed by atoms with van der Waals surface area (Å²) >= 11 is 0. The minimum atomic E-state index is -1.12. The van der Waals surface area contributed by atoms with Crippen molar-refractivity contribution in [2.45, 2.75) is 50.0 Å². The molecule has 44 heavy (non-hydrogen) atoms. The lowest BCUT2D eigenvalue weighted by Gasteiger charge is -2.29. The van der Waals surface area contributed by atoms with E-state index in [0.717, 1.165) is 41.3 Å². The van der Waals surface area contributed by atoms with Gasteiger partial charge >= 0.3 is 5.97 Å². The molecular formula is C34H36N6O4. The Balaban J connectivity index is 1.26. The van der Waals surface area contributed by atoms with Crippen molar-refractivity contribution in [2.24, 2.45) is 0 Å². The van der Waals surface area contributed by atoms with Gasteiger partial charge in [0.25, 0.3) is 11.8 Å². The van der Waals surface area contributed by atoms with E-state index in [2.05, 4.69) is 15.6 Å². The summed E-state index contributed by atoms with van der Waals surface area (Å²) in [5.74, 6) is -0.539. The molecule has 10 nitrogen and oxygen atoms in total. The first kappa shape index (κ1) is 29.3. The number of carbonyl (C=O) groups is 3. The van der Waals surface area contributed by atoms with Gasteiger partial charge in [-0.1, -0.05) is 43.5 Å². The molecule has 6 rings (SSSR count). The van der Waals surface area contributed by atoms with Crippen LogP contribution in [0.1, 0.15) is 66.1 Å². The highest BCUT2D eigenvalue weighted by Crippen LogP contribution is 2.38. The number of carbonyl (C=O) groups excluding carboxylic acids is 2. The Morgan fingerprint density at radius 3 is 2.50 bits per heavy atom. The van der Waals surface area contributed by atoms with Crippen LogP contribution >= 0.6 is 0 Å². The van der Waals surface area contributed by atoms with Gasteiger partial charge in [-0.25, -0.2) is 14.5 Å². The maximum absolute atomic E-state index is 13.7. The zero-order chi connectivity index (χ0) is 30.7. The number of likely N-dealkylation sites (N-methyl/N-ethyl adjacent to an activating group) is 1. The molecule has 2 aliphatic rings. The number of rotatable bonds is 8. The maximum atomic E-state index is 13.7. The Morgan fingerprint density at radius 2 is 1.82 bits per heavy atom. The lowest BCUT2D eigenvalue weighted by atomic mass is 9.85. The highest BCUT2D eigenvalue weighted by atomic mass is 16.4. The quantitative estimate of drug-likeness (QED) is 0.245. The van der Waals surface area contributed by atoms with Crippen molar-refractivity contribution in [1.82, 2.24) is 25.0 Å². The second-order valence-corrected chi connectivity index (χ2v) is 11.8. The predicted octanol–water partition coefficient (Wildman–Crippen LogP) is 5.01. The number of carboxylic acid groups (broad SMARTS) is 1. The van der Waals surface area contributed by atoms with Gasteiger partial charge in [-0.15, -0.1) is 0 Å². The number of aromatic nitrogens is 3. The first-order chi connectivity index (χ1) is 21.3. The molecule has 1 saturated carbocycles. The number of fused-ring (bicyclic) bond motifs is 1. The summed E-state index contributed by atoms with van der Waals surface area (Å²) in [6.07, 6.45) is 10.6. The number of hydrogen-bond donors (Lipinski definition) is 3. The summed E-state index contributed by atoms with van der Waals surface area (Å²) in [5, 5.41) is 20.8. The van der Waals surface area contributed by atoms with Crippen LogP contribution in [0.5, 0.6) is 0 Å². The molecule has 0 radical (unpaired) electrons. The lowest BCUT2D eigenvalue weighted by Crippen LogP contribution is -2.58. The second-order valence-electron chi connectivity index (χ2n) is 11.8. The molecule has 3 heterocycles. The van der Waals surface area contributed by atoms with E-state index >= 15 is 0 Å². The van der Waals surface area contributed by atoms with Gasteiger partial charge in [0.15, 0.2) is 5.82 Å². The molecule has 2 aromatic carbocycles. The van der Waals surface area contributed by atoms with E-state index in [1.807, 2.05) is 53.0 Å². The molecule has 2 amide bonds.